The van der Waals surface area contributed by atoms with Crippen LogP contribution in [0.3, 0.4) is 0 Å². The molecule has 0 N–H and O–H groups in total. The number of ether oxygens (including phenoxy) is 1. The minimum atomic E-state index is -0.214. The van der Waals surface area contributed by atoms with E-state index in [4.69, 9.17) is 4.74 Å². The van der Waals surface area contributed by atoms with E-state index in [0.717, 1.165) is 38.0 Å². The molecule has 2 heterocycles. The van der Waals surface area contributed by atoms with Gasteiger partial charge in [0.05, 0.1) is 13.7 Å². The zero-order valence-corrected chi connectivity index (χ0v) is 11.7. The molecule has 1 aromatic carbocycles. The van der Waals surface area contributed by atoms with Crippen LogP contribution in [0.15, 0.2) is 35.0 Å². The second kappa shape index (κ2) is 5.65. The van der Waals surface area contributed by atoms with E-state index >= 15 is 0 Å². The van der Waals surface area contributed by atoms with Crippen molar-refractivity contribution < 1.29 is 9.13 Å². The van der Waals surface area contributed by atoms with Gasteiger partial charge < -0.3 is 9.64 Å². The number of benzene rings is 1. The first-order chi connectivity index (χ1) is 9.76. The molecule has 0 saturated carbocycles. The minimum absolute atomic E-state index is 0.214. The van der Waals surface area contributed by atoms with Gasteiger partial charge in [-0.05, 0) is 42.5 Å². The maximum absolute atomic E-state index is 13.6. The molecule has 106 valence electrons. The fourth-order valence-electron chi connectivity index (χ4n) is 2.98. The van der Waals surface area contributed by atoms with E-state index in [9.17, 15) is 4.39 Å². The van der Waals surface area contributed by atoms with Gasteiger partial charge in [-0.2, -0.15) is 0 Å². The third kappa shape index (κ3) is 2.69. The number of piperidine rings is 1. The number of hydrogen-bond acceptors (Lipinski definition) is 3. The first kappa shape index (κ1) is 13.2. The van der Waals surface area contributed by atoms with Crippen molar-refractivity contribution >= 4 is 6.21 Å². The van der Waals surface area contributed by atoms with Crippen molar-refractivity contribution in [2.75, 3.05) is 26.7 Å². The van der Waals surface area contributed by atoms with Gasteiger partial charge in [-0.1, -0.05) is 0 Å². The Kier molecular flexibility index (Phi) is 3.72. The molecule has 0 atom stereocenters. The van der Waals surface area contributed by atoms with Crippen molar-refractivity contribution in [3.05, 3.63) is 41.4 Å². The summed E-state index contributed by atoms with van der Waals surface area (Å²) in [6, 6.07) is 5.03. The summed E-state index contributed by atoms with van der Waals surface area (Å²) in [6.45, 7) is 2.83. The van der Waals surface area contributed by atoms with Crippen molar-refractivity contribution in [2.24, 2.45) is 4.99 Å². The van der Waals surface area contributed by atoms with Crippen LogP contribution in [-0.4, -0.2) is 37.9 Å². The van der Waals surface area contributed by atoms with E-state index in [2.05, 4.69) is 16.0 Å². The quantitative estimate of drug-likeness (QED) is 0.846. The fraction of sp³-hybridized carbons (Fsp3) is 0.438. The lowest BCUT2D eigenvalue weighted by Crippen LogP contribution is -2.32. The average molecular weight is 274 g/mol. The predicted octanol–water partition coefficient (Wildman–Crippen LogP) is 2.98. The zero-order chi connectivity index (χ0) is 13.9. The molecule has 0 spiro atoms. The number of hydrogen-bond donors (Lipinski definition) is 0. The summed E-state index contributed by atoms with van der Waals surface area (Å²) >= 11 is 0. The first-order valence-corrected chi connectivity index (χ1v) is 7.04. The predicted molar refractivity (Wildman–Crippen MR) is 77.9 cm³/mol. The summed E-state index contributed by atoms with van der Waals surface area (Å²) in [5.41, 5.74) is 2.36. The zero-order valence-electron chi connectivity index (χ0n) is 11.7. The highest BCUT2D eigenvalue weighted by molar-refractivity contribution is 5.74. The summed E-state index contributed by atoms with van der Waals surface area (Å²) < 4.78 is 18.7. The topological polar surface area (TPSA) is 24.8 Å². The largest absolute Gasteiger partial charge is 0.497 e. The molecule has 0 aliphatic carbocycles. The lowest BCUT2D eigenvalue weighted by atomic mass is 9.89. The van der Waals surface area contributed by atoms with Gasteiger partial charge >= 0.3 is 0 Å². The molecule has 0 amide bonds. The van der Waals surface area contributed by atoms with Crippen molar-refractivity contribution in [3.63, 3.8) is 0 Å². The monoisotopic (exact) mass is 274 g/mol. The fourth-order valence-corrected chi connectivity index (χ4v) is 2.98. The highest BCUT2D eigenvalue weighted by atomic mass is 19.1. The van der Waals surface area contributed by atoms with Crippen LogP contribution in [0.2, 0.25) is 0 Å². The number of aliphatic imine (C=N–C) groups is 1. The molecule has 3 rings (SSSR count). The van der Waals surface area contributed by atoms with Gasteiger partial charge in [0.1, 0.15) is 11.6 Å². The molecule has 0 radical (unpaired) electrons. The Morgan fingerprint density at radius 2 is 2.05 bits per heavy atom. The standard InChI is InChI=1S/C16H19FN2O/c1-20-16-9-13(8-14(17)10-16)12-3-6-19(7-4-12)15-2-5-18-11-15/h2,5,8-10,12H,3-4,6-7,11H2,1H3. The Hall–Kier alpha value is -1.84. The number of methoxy groups -OCH3 is 1. The molecule has 2 aliphatic rings. The molecule has 4 heteroatoms. The van der Waals surface area contributed by atoms with Gasteiger partial charge in [0.15, 0.2) is 0 Å². The molecule has 20 heavy (non-hydrogen) atoms. The number of rotatable bonds is 3. The Morgan fingerprint density at radius 1 is 1.25 bits per heavy atom. The second-order valence-electron chi connectivity index (χ2n) is 5.33. The number of likely N-dealkylation sites (tertiary alicyclic amines) is 1. The third-order valence-corrected chi connectivity index (χ3v) is 4.13. The maximum Gasteiger partial charge on any atom is 0.127 e. The van der Waals surface area contributed by atoms with E-state index in [1.54, 1.807) is 13.2 Å². The summed E-state index contributed by atoms with van der Waals surface area (Å²) in [7, 11) is 1.58. The molecule has 1 fully saturated rings. The van der Waals surface area contributed by atoms with Gasteiger partial charge in [0.2, 0.25) is 0 Å². The van der Waals surface area contributed by atoms with Crippen LogP contribution >= 0.6 is 0 Å². The number of halogens is 1. The number of nitrogens with zero attached hydrogens (tertiary/aromatic N) is 2. The summed E-state index contributed by atoms with van der Waals surface area (Å²) in [5.74, 6) is 0.807. The Bertz CT molecular complexity index is 545. The van der Waals surface area contributed by atoms with Crippen LogP contribution < -0.4 is 4.74 Å². The molecule has 3 nitrogen and oxygen atoms in total. The Morgan fingerprint density at radius 3 is 2.70 bits per heavy atom. The van der Waals surface area contributed by atoms with Crippen LogP contribution in [0.1, 0.15) is 24.3 Å². The van der Waals surface area contributed by atoms with Gasteiger partial charge in [0, 0.05) is 31.1 Å². The smallest absolute Gasteiger partial charge is 0.127 e. The Balaban J connectivity index is 1.67. The van der Waals surface area contributed by atoms with Crippen LogP contribution in [0.25, 0.3) is 0 Å². The van der Waals surface area contributed by atoms with Crippen molar-refractivity contribution in [2.45, 2.75) is 18.8 Å². The van der Waals surface area contributed by atoms with Crippen molar-refractivity contribution in [3.8, 4) is 5.75 Å². The van der Waals surface area contributed by atoms with E-state index in [-0.39, 0.29) is 5.82 Å². The van der Waals surface area contributed by atoms with Crippen molar-refractivity contribution in [1.82, 2.24) is 4.90 Å². The molecule has 0 unspecified atom stereocenters. The first-order valence-electron chi connectivity index (χ1n) is 7.04. The molecular weight excluding hydrogens is 255 g/mol. The van der Waals surface area contributed by atoms with Crippen LogP contribution in [-0.2, 0) is 0 Å². The molecule has 1 saturated heterocycles. The van der Waals surface area contributed by atoms with E-state index in [1.807, 2.05) is 12.3 Å². The van der Waals surface area contributed by atoms with Gasteiger partial charge in [-0.3, -0.25) is 4.99 Å². The highest BCUT2D eigenvalue weighted by Gasteiger charge is 2.23. The summed E-state index contributed by atoms with van der Waals surface area (Å²) in [5, 5.41) is 0. The van der Waals surface area contributed by atoms with E-state index in [1.165, 1.54) is 11.8 Å². The average Bonchev–Trinajstić information content (AvgIpc) is 3.01. The third-order valence-electron chi connectivity index (χ3n) is 4.13. The summed E-state index contributed by atoms with van der Waals surface area (Å²) in [4.78, 5) is 6.61. The van der Waals surface area contributed by atoms with Gasteiger partial charge in [0.25, 0.3) is 0 Å². The minimum Gasteiger partial charge on any atom is -0.497 e. The maximum atomic E-state index is 13.6. The second-order valence-corrected chi connectivity index (χ2v) is 5.33. The molecule has 1 aromatic rings. The van der Waals surface area contributed by atoms with Crippen LogP contribution in [0, 0.1) is 5.82 Å². The van der Waals surface area contributed by atoms with E-state index < -0.39 is 0 Å². The normalized spacial score (nSPS) is 19.3. The molecule has 0 bridgehead atoms. The van der Waals surface area contributed by atoms with Crippen LogP contribution in [0.5, 0.6) is 5.75 Å². The molecule has 2 aliphatic heterocycles. The summed E-state index contributed by atoms with van der Waals surface area (Å²) in [6.07, 6.45) is 6.05. The number of allylic oxidation sites excluding steroid dienone is 1. The Labute approximate surface area is 118 Å². The SMILES string of the molecule is COc1cc(F)cc(C2CCN(C3=CC=NC3)CC2)c1. The van der Waals surface area contributed by atoms with Crippen LogP contribution in [0.4, 0.5) is 4.39 Å². The van der Waals surface area contributed by atoms with Gasteiger partial charge in [-0.25, -0.2) is 4.39 Å². The molecular formula is C16H19FN2O. The lowest BCUT2D eigenvalue weighted by molar-refractivity contribution is 0.261. The lowest BCUT2D eigenvalue weighted by Gasteiger charge is -2.34. The molecule has 0 aromatic heterocycles. The van der Waals surface area contributed by atoms with Gasteiger partial charge in [-0.15, -0.1) is 0 Å². The van der Waals surface area contributed by atoms with E-state index in [0.29, 0.717) is 11.7 Å². The highest BCUT2D eigenvalue weighted by Crippen LogP contribution is 2.32. The van der Waals surface area contributed by atoms with Crippen molar-refractivity contribution in [1.29, 1.82) is 0 Å².